The molecule has 0 aliphatic carbocycles. The van der Waals surface area contributed by atoms with Crippen molar-refractivity contribution in [3.8, 4) is 0 Å². The number of alkyl halides is 3. The van der Waals surface area contributed by atoms with E-state index in [1.165, 1.54) is 19.1 Å². The molecule has 1 aromatic rings. The zero-order valence-electron chi connectivity index (χ0n) is 9.28. The van der Waals surface area contributed by atoms with E-state index in [2.05, 4.69) is 5.32 Å². The maximum atomic E-state index is 12.1. The molecule has 1 amide bonds. The molecule has 1 N–H and O–H groups in total. The first-order chi connectivity index (χ1) is 8.10. The number of hydrogen-bond donors (Lipinski definition) is 1. The third kappa shape index (κ3) is 4.36. The topological polar surface area (TPSA) is 63.2 Å². The molecule has 0 radical (unpaired) electrons. The van der Waals surface area contributed by atoms with Crippen LogP contribution >= 0.6 is 0 Å². The molecular formula is C10H10F3NO3S. The average molecular weight is 281 g/mol. The van der Waals surface area contributed by atoms with E-state index in [1.54, 1.807) is 0 Å². The molecule has 0 spiro atoms. The Morgan fingerprint density at radius 2 is 1.72 bits per heavy atom. The first kappa shape index (κ1) is 14.5. The van der Waals surface area contributed by atoms with E-state index in [1.807, 2.05) is 0 Å². The van der Waals surface area contributed by atoms with Crippen molar-refractivity contribution in [1.82, 2.24) is 0 Å². The number of carbonyl (C=O) groups is 1. The quantitative estimate of drug-likeness (QED) is 0.921. The van der Waals surface area contributed by atoms with Crippen molar-refractivity contribution < 1.29 is 26.4 Å². The highest BCUT2D eigenvalue weighted by molar-refractivity contribution is 7.91. The van der Waals surface area contributed by atoms with Crippen LogP contribution < -0.4 is 5.32 Å². The van der Waals surface area contributed by atoms with Gasteiger partial charge in [0, 0.05) is 12.6 Å². The Bertz CT molecular complexity index is 534. The second kappa shape index (κ2) is 4.97. The molecule has 0 aliphatic heterocycles. The van der Waals surface area contributed by atoms with Crippen molar-refractivity contribution in [2.45, 2.75) is 18.0 Å². The fourth-order valence-corrected chi connectivity index (χ4v) is 2.40. The van der Waals surface area contributed by atoms with Crippen LogP contribution in [0.4, 0.5) is 18.9 Å². The van der Waals surface area contributed by atoms with Crippen LogP contribution in [0.5, 0.6) is 0 Å². The fourth-order valence-electron chi connectivity index (χ4n) is 1.25. The van der Waals surface area contributed by atoms with Crippen LogP contribution in [0.2, 0.25) is 0 Å². The average Bonchev–Trinajstić information content (AvgIpc) is 2.13. The largest absolute Gasteiger partial charge is 0.403 e. The molecule has 0 atom stereocenters. The van der Waals surface area contributed by atoms with Gasteiger partial charge in [0.1, 0.15) is 0 Å². The summed E-state index contributed by atoms with van der Waals surface area (Å²) in [7, 11) is -4.40. The first-order valence-corrected chi connectivity index (χ1v) is 6.42. The van der Waals surface area contributed by atoms with Crippen molar-refractivity contribution in [3.63, 3.8) is 0 Å². The second-order valence-corrected chi connectivity index (χ2v) is 5.57. The highest BCUT2D eigenvalue weighted by Gasteiger charge is 2.35. The number of sulfone groups is 1. The zero-order chi connectivity index (χ0) is 14.0. The molecule has 0 aliphatic rings. The SMILES string of the molecule is CC(=O)Nc1ccc(S(=O)(=O)CC(F)(F)F)cc1. The lowest BCUT2D eigenvalue weighted by atomic mass is 10.3. The van der Waals surface area contributed by atoms with Crippen LogP contribution in [0.3, 0.4) is 0 Å². The van der Waals surface area contributed by atoms with Gasteiger partial charge >= 0.3 is 6.18 Å². The Labute approximate surface area is 102 Å². The maximum absolute atomic E-state index is 12.1. The summed E-state index contributed by atoms with van der Waals surface area (Å²) in [6.45, 7) is 1.26. The molecule has 0 heterocycles. The van der Waals surface area contributed by atoms with Gasteiger partial charge in [-0.25, -0.2) is 8.42 Å². The summed E-state index contributed by atoms with van der Waals surface area (Å²) in [4.78, 5) is 10.3. The van der Waals surface area contributed by atoms with Crippen LogP contribution in [0, 0.1) is 0 Å². The van der Waals surface area contributed by atoms with Gasteiger partial charge in [-0.1, -0.05) is 0 Å². The van der Waals surface area contributed by atoms with Gasteiger partial charge in [-0.15, -0.1) is 0 Å². The highest BCUT2D eigenvalue weighted by atomic mass is 32.2. The van der Waals surface area contributed by atoms with Crippen LogP contribution in [-0.4, -0.2) is 26.3 Å². The number of carbonyl (C=O) groups excluding carboxylic acids is 1. The van der Waals surface area contributed by atoms with Crippen molar-refractivity contribution in [2.24, 2.45) is 0 Å². The summed E-state index contributed by atoms with van der Waals surface area (Å²) >= 11 is 0. The lowest BCUT2D eigenvalue weighted by molar-refractivity contribution is -0.114. The Balaban J connectivity index is 2.94. The summed E-state index contributed by atoms with van der Waals surface area (Å²) in [5.74, 6) is -2.26. The molecule has 0 fully saturated rings. The Morgan fingerprint density at radius 1 is 1.22 bits per heavy atom. The Morgan fingerprint density at radius 3 is 2.11 bits per heavy atom. The molecule has 8 heteroatoms. The van der Waals surface area contributed by atoms with Crippen LogP contribution in [-0.2, 0) is 14.6 Å². The minimum atomic E-state index is -4.78. The molecule has 1 aromatic carbocycles. The molecule has 0 saturated heterocycles. The van der Waals surface area contributed by atoms with Crippen molar-refractivity contribution in [1.29, 1.82) is 0 Å². The summed E-state index contributed by atoms with van der Waals surface area (Å²) in [6.07, 6.45) is -4.78. The lowest BCUT2D eigenvalue weighted by Gasteiger charge is -2.08. The molecule has 0 unspecified atom stereocenters. The number of anilines is 1. The van der Waals surface area contributed by atoms with E-state index in [4.69, 9.17) is 0 Å². The van der Waals surface area contributed by atoms with Gasteiger partial charge in [0.15, 0.2) is 15.6 Å². The van der Waals surface area contributed by atoms with Crippen molar-refractivity contribution in [3.05, 3.63) is 24.3 Å². The minimum absolute atomic E-state index is 0.313. The van der Waals surface area contributed by atoms with Gasteiger partial charge < -0.3 is 5.32 Å². The predicted molar refractivity (Wildman–Crippen MR) is 58.9 cm³/mol. The van der Waals surface area contributed by atoms with Crippen molar-refractivity contribution in [2.75, 3.05) is 11.1 Å². The summed E-state index contributed by atoms with van der Waals surface area (Å²) in [5.41, 5.74) is 0.313. The van der Waals surface area contributed by atoms with Crippen molar-refractivity contribution >= 4 is 21.4 Å². The number of halogens is 3. The van der Waals surface area contributed by atoms with Gasteiger partial charge in [0.25, 0.3) is 0 Å². The third-order valence-electron chi connectivity index (χ3n) is 1.89. The van der Waals surface area contributed by atoms with Crippen LogP contribution in [0.25, 0.3) is 0 Å². The smallest absolute Gasteiger partial charge is 0.326 e. The Hall–Kier alpha value is -1.57. The molecule has 4 nitrogen and oxygen atoms in total. The van der Waals surface area contributed by atoms with E-state index in [-0.39, 0.29) is 5.91 Å². The number of nitrogens with one attached hydrogen (secondary N) is 1. The van der Waals surface area contributed by atoms with E-state index < -0.39 is 26.7 Å². The maximum Gasteiger partial charge on any atom is 0.403 e. The number of hydrogen-bond acceptors (Lipinski definition) is 3. The molecule has 0 bridgehead atoms. The molecular weight excluding hydrogens is 271 g/mol. The van der Waals surface area contributed by atoms with Gasteiger partial charge in [0.2, 0.25) is 5.91 Å². The predicted octanol–water partition coefficient (Wildman–Crippen LogP) is 1.98. The Kier molecular flexibility index (Phi) is 4.00. The molecule has 18 heavy (non-hydrogen) atoms. The molecule has 1 rings (SSSR count). The van der Waals surface area contributed by atoms with E-state index >= 15 is 0 Å². The number of amides is 1. The van der Waals surface area contributed by atoms with Crippen LogP contribution in [0.15, 0.2) is 29.2 Å². The number of rotatable bonds is 3. The zero-order valence-corrected chi connectivity index (χ0v) is 10.1. The van der Waals surface area contributed by atoms with E-state index in [0.29, 0.717) is 5.69 Å². The van der Waals surface area contributed by atoms with Gasteiger partial charge in [-0.05, 0) is 24.3 Å². The highest BCUT2D eigenvalue weighted by Crippen LogP contribution is 2.23. The lowest BCUT2D eigenvalue weighted by Crippen LogP contribution is -2.22. The van der Waals surface area contributed by atoms with Gasteiger partial charge in [0.05, 0.1) is 4.90 Å². The fraction of sp³-hybridized carbons (Fsp3) is 0.300. The second-order valence-electron chi connectivity index (χ2n) is 3.58. The summed E-state index contributed by atoms with van der Waals surface area (Å²) in [6, 6.07) is 4.49. The molecule has 0 saturated carbocycles. The monoisotopic (exact) mass is 281 g/mol. The normalized spacial score (nSPS) is 12.2. The van der Waals surface area contributed by atoms with Gasteiger partial charge in [-0.2, -0.15) is 13.2 Å². The van der Waals surface area contributed by atoms with E-state index in [9.17, 15) is 26.4 Å². The van der Waals surface area contributed by atoms with Crippen LogP contribution in [0.1, 0.15) is 6.92 Å². The summed E-state index contributed by atoms with van der Waals surface area (Å²) < 4.78 is 58.9. The molecule has 100 valence electrons. The minimum Gasteiger partial charge on any atom is -0.326 e. The third-order valence-corrected chi connectivity index (χ3v) is 3.59. The summed E-state index contributed by atoms with van der Waals surface area (Å²) in [5, 5.41) is 2.38. The number of benzene rings is 1. The first-order valence-electron chi connectivity index (χ1n) is 4.77. The molecule has 0 aromatic heterocycles. The van der Waals surface area contributed by atoms with E-state index in [0.717, 1.165) is 12.1 Å². The standard InChI is InChI=1S/C10H10F3NO3S/c1-7(15)14-8-2-4-9(5-3-8)18(16,17)6-10(11,12)13/h2-5H,6H2,1H3,(H,14,15). The van der Waals surface area contributed by atoms with Gasteiger partial charge in [-0.3, -0.25) is 4.79 Å².